The molecule has 0 spiro atoms. The summed E-state index contributed by atoms with van der Waals surface area (Å²) in [5.41, 5.74) is 2.62. The minimum atomic E-state index is -0.261. The lowest BCUT2D eigenvalue weighted by Crippen LogP contribution is -2.27. The molecule has 2 heterocycles. The van der Waals surface area contributed by atoms with Crippen LogP contribution in [0.4, 0.5) is 0 Å². The highest BCUT2D eigenvalue weighted by molar-refractivity contribution is 5.99. The quantitative estimate of drug-likeness (QED) is 0.779. The number of benzene rings is 1. The Hall–Kier alpha value is -3.46. The summed E-state index contributed by atoms with van der Waals surface area (Å²) in [5, 5.41) is 16.2. The lowest BCUT2D eigenvalue weighted by atomic mass is 10.1. The molecule has 0 bridgehead atoms. The fourth-order valence-electron chi connectivity index (χ4n) is 2.36. The van der Waals surface area contributed by atoms with Gasteiger partial charge in [-0.25, -0.2) is 4.68 Å². The highest BCUT2D eigenvalue weighted by Gasteiger charge is 2.19. The van der Waals surface area contributed by atoms with Crippen LogP contribution < -0.4 is 5.32 Å². The van der Waals surface area contributed by atoms with Gasteiger partial charge in [0.1, 0.15) is 5.69 Å². The van der Waals surface area contributed by atoms with Crippen molar-refractivity contribution in [1.29, 1.82) is 5.26 Å². The van der Waals surface area contributed by atoms with Gasteiger partial charge in [-0.15, -0.1) is 0 Å². The van der Waals surface area contributed by atoms with Crippen molar-refractivity contribution in [1.82, 2.24) is 20.1 Å². The number of pyridine rings is 1. The predicted octanol–water partition coefficient (Wildman–Crippen LogP) is 2.82. The number of nitrogens with one attached hydrogen (secondary N) is 1. The van der Waals surface area contributed by atoms with Gasteiger partial charge in [-0.3, -0.25) is 9.78 Å². The third-order valence-electron chi connectivity index (χ3n) is 3.70. The normalized spacial score (nSPS) is 11.5. The first-order valence-electron chi connectivity index (χ1n) is 7.92. The van der Waals surface area contributed by atoms with E-state index in [1.54, 1.807) is 36.3 Å². The number of carbonyl (C=O) groups is 1. The molecule has 0 fully saturated rings. The van der Waals surface area contributed by atoms with Crippen LogP contribution in [0.1, 0.15) is 17.3 Å². The van der Waals surface area contributed by atoms with E-state index in [-0.39, 0.29) is 11.8 Å². The molecule has 3 aromatic rings. The summed E-state index contributed by atoms with van der Waals surface area (Å²) in [6, 6.07) is 15.3. The lowest BCUT2D eigenvalue weighted by molar-refractivity contribution is 0.0951. The van der Waals surface area contributed by atoms with E-state index in [9.17, 15) is 4.79 Å². The van der Waals surface area contributed by atoms with Gasteiger partial charge in [0, 0.05) is 30.7 Å². The van der Waals surface area contributed by atoms with Crippen LogP contribution in [0.2, 0.25) is 0 Å². The Morgan fingerprint density at radius 2 is 2.08 bits per heavy atom. The van der Waals surface area contributed by atoms with E-state index in [1.807, 2.05) is 36.4 Å². The number of amides is 1. The second-order valence-electron chi connectivity index (χ2n) is 5.65. The molecule has 2 aromatic heterocycles. The molecule has 1 amide bonds. The lowest BCUT2D eigenvalue weighted by Gasteiger charge is -2.06. The maximum absolute atomic E-state index is 12.6. The zero-order valence-corrected chi connectivity index (χ0v) is 13.8. The number of hydrogen-bond donors (Lipinski definition) is 1. The smallest absolute Gasteiger partial charge is 0.255 e. The molecule has 0 aliphatic rings. The second-order valence-corrected chi connectivity index (χ2v) is 5.65. The number of nitriles is 1. The number of para-hydroxylation sites is 1. The van der Waals surface area contributed by atoms with Gasteiger partial charge in [0.05, 0.1) is 23.2 Å². The second kappa shape index (κ2) is 7.41. The van der Waals surface area contributed by atoms with Gasteiger partial charge >= 0.3 is 0 Å². The van der Waals surface area contributed by atoms with Gasteiger partial charge < -0.3 is 5.32 Å². The SMILES string of the molecule is CC(C#N)CNC(=O)c1cn(-c2ccccc2)nc1-c1cccnc1. The van der Waals surface area contributed by atoms with Crippen LogP contribution in [0.25, 0.3) is 16.9 Å². The molecule has 1 atom stereocenters. The number of nitrogens with zero attached hydrogens (tertiary/aromatic N) is 4. The topological polar surface area (TPSA) is 83.6 Å². The van der Waals surface area contributed by atoms with Gasteiger partial charge in [0.2, 0.25) is 0 Å². The van der Waals surface area contributed by atoms with Gasteiger partial charge in [0.15, 0.2) is 0 Å². The summed E-state index contributed by atoms with van der Waals surface area (Å²) in [7, 11) is 0. The highest BCUT2D eigenvalue weighted by atomic mass is 16.1. The fraction of sp³-hybridized carbons (Fsp3) is 0.158. The standard InChI is InChI=1S/C19H17N5O/c1-14(10-20)11-22-19(25)17-13-24(16-7-3-2-4-8-16)23-18(17)15-6-5-9-21-12-15/h2-9,12-14H,11H2,1H3,(H,22,25). The first kappa shape index (κ1) is 16.4. The Bertz CT molecular complexity index is 897. The average molecular weight is 331 g/mol. The minimum absolute atomic E-state index is 0.255. The third-order valence-corrected chi connectivity index (χ3v) is 3.70. The summed E-state index contributed by atoms with van der Waals surface area (Å²) in [6.07, 6.45) is 5.04. The maximum Gasteiger partial charge on any atom is 0.255 e. The van der Waals surface area contributed by atoms with E-state index >= 15 is 0 Å². The molecule has 1 aromatic carbocycles. The van der Waals surface area contributed by atoms with Gasteiger partial charge in [0.25, 0.3) is 5.91 Å². The first-order chi connectivity index (χ1) is 12.2. The van der Waals surface area contributed by atoms with E-state index in [0.717, 1.165) is 11.3 Å². The Kier molecular flexibility index (Phi) is 4.86. The molecule has 25 heavy (non-hydrogen) atoms. The van der Waals surface area contributed by atoms with Crippen molar-refractivity contribution >= 4 is 5.91 Å². The average Bonchev–Trinajstić information content (AvgIpc) is 3.12. The molecular weight excluding hydrogens is 314 g/mol. The molecular formula is C19H17N5O. The number of rotatable bonds is 5. The van der Waals surface area contributed by atoms with Crippen molar-refractivity contribution < 1.29 is 4.79 Å². The molecule has 1 unspecified atom stereocenters. The van der Waals surface area contributed by atoms with E-state index in [0.29, 0.717) is 17.8 Å². The molecule has 6 heteroatoms. The highest BCUT2D eigenvalue weighted by Crippen LogP contribution is 2.23. The molecule has 3 rings (SSSR count). The van der Waals surface area contributed by atoms with Crippen LogP contribution in [0.5, 0.6) is 0 Å². The van der Waals surface area contributed by atoms with Crippen LogP contribution in [0, 0.1) is 17.2 Å². The summed E-state index contributed by atoms with van der Waals surface area (Å²) < 4.78 is 1.67. The van der Waals surface area contributed by atoms with Crippen molar-refractivity contribution in [2.75, 3.05) is 6.54 Å². The van der Waals surface area contributed by atoms with Gasteiger partial charge in [-0.05, 0) is 31.2 Å². The number of aromatic nitrogens is 3. The van der Waals surface area contributed by atoms with Gasteiger partial charge in [-0.2, -0.15) is 10.4 Å². The molecule has 0 aliphatic heterocycles. The van der Waals surface area contributed by atoms with Gasteiger partial charge in [-0.1, -0.05) is 18.2 Å². The molecule has 0 saturated heterocycles. The number of hydrogen-bond acceptors (Lipinski definition) is 4. The van der Waals surface area contributed by atoms with Crippen LogP contribution in [0.3, 0.4) is 0 Å². The Morgan fingerprint density at radius 3 is 2.76 bits per heavy atom. The zero-order valence-electron chi connectivity index (χ0n) is 13.8. The largest absolute Gasteiger partial charge is 0.351 e. The Labute approximate surface area is 145 Å². The van der Waals surface area contributed by atoms with Crippen LogP contribution in [0.15, 0.2) is 61.1 Å². The maximum atomic E-state index is 12.6. The fourth-order valence-corrected chi connectivity index (χ4v) is 2.36. The van der Waals surface area contributed by atoms with E-state index in [1.165, 1.54) is 0 Å². The molecule has 0 aliphatic carbocycles. The van der Waals surface area contributed by atoms with E-state index in [4.69, 9.17) is 5.26 Å². The molecule has 6 nitrogen and oxygen atoms in total. The van der Waals surface area contributed by atoms with Crippen molar-refractivity contribution in [2.45, 2.75) is 6.92 Å². The summed E-state index contributed by atoms with van der Waals surface area (Å²) in [5.74, 6) is -0.516. The predicted molar refractivity (Wildman–Crippen MR) is 93.9 cm³/mol. The minimum Gasteiger partial charge on any atom is -0.351 e. The summed E-state index contributed by atoms with van der Waals surface area (Å²) >= 11 is 0. The molecule has 1 N–H and O–H groups in total. The molecule has 0 radical (unpaired) electrons. The first-order valence-corrected chi connectivity index (χ1v) is 7.92. The Balaban J connectivity index is 1.99. The van der Waals surface area contributed by atoms with Crippen molar-refractivity contribution in [2.24, 2.45) is 5.92 Å². The van der Waals surface area contributed by atoms with Crippen LogP contribution in [-0.2, 0) is 0 Å². The van der Waals surface area contributed by atoms with Crippen molar-refractivity contribution in [3.8, 4) is 23.0 Å². The van der Waals surface area contributed by atoms with Crippen molar-refractivity contribution in [3.63, 3.8) is 0 Å². The van der Waals surface area contributed by atoms with Crippen molar-refractivity contribution in [3.05, 3.63) is 66.6 Å². The monoisotopic (exact) mass is 331 g/mol. The summed E-state index contributed by atoms with van der Waals surface area (Å²) in [6.45, 7) is 2.05. The summed E-state index contributed by atoms with van der Waals surface area (Å²) in [4.78, 5) is 16.7. The van der Waals surface area contributed by atoms with Crippen LogP contribution in [-0.4, -0.2) is 27.2 Å². The Morgan fingerprint density at radius 1 is 1.28 bits per heavy atom. The third kappa shape index (κ3) is 3.72. The van der Waals surface area contributed by atoms with Crippen LogP contribution >= 0.6 is 0 Å². The molecule has 0 saturated carbocycles. The molecule has 124 valence electrons. The zero-order chi connectivity index (χ0) is 17.6. The van der Waals surface area contributed by atoms with E-state index < -0.39 is 0 Å². The number of carbonyl (C=O) groups excluding carboxylic acids is 1. The van der Waals surface area contributed by atoms with E-state index in [2.05, 4.69) is 21.5 Å².